The number of thiazole rings is 1. The average molecular weight is 210 g/mol. The molecule has 2 nitrogen and oxygen atoms in total. The highest BCUT2D eigenvalue weighted by atomic mass is 32.1. The van der Waals surface area contributed by atoms with Crippen LogP contribution in [0, 0.1) is 13.8 Å². The van der Waals surface area contributed by atoms with Crippen molar-refractivity contribution < 1.29 is 0 Å². The Morgan fingerprint density at radius 3 is 2.43 bits per heavy atom. The normalized spacial score (nSPS) is 12.6. The van der Waals surface area contributed by atoms with Crippen LogP contribution in [0.2, 0.25) is 0 Å². The molecule has 0 aliphatic carbocycles. The van der Waals surface area contributed by atoms with E-state index in [2.05, 4.69) is 44.1 Å². The summed E-state index contributed by atoms with van der Waals surface area (Å²) in [4.78, 5) is 5.76. The first-order chi connectivity index (χ1) is 6.54. The zero-order valence-electron chi connectivity index (χ0n) is 9.51. The van der Waals surface area contributed by atoms with Crippen LogP contribution in [0.15, 0.2) is 11.6 Å². The Kier molecular flexibility index (Phi) is 3.84. The summed E-state index contributed by atoms with van der Waals surface area (Å²) in [6, 6.07) is 0.311. The first kappa shape index (κ1) is 11.4. The molecule has 0 radical (unpaired) electrons. The smallest absolute Gasteiger partial charge is 0.0900 e. The monoisotopic (exact) mass is 210 g/mol. The summed E-state index contributed by atoms with van der Waals surface area (Å²) in [5, 5.41) is 4.44. The molecule has 14 heavy (non-hydrogen) atoms. The van der Waals surface area contributed by atoms with Crippen LogP contribution in [0.5, 0.6) is 0 Å². The minimum absolute atomic E-state index is 0.311. The van der Waals surface area contributed by atoms with Crippen molar-refractivity contribution in [1.82, 2.24) is 10.3 Å². The van der Waals surface area contributed by atoms with Crippen molar-refractivity contribution in [1.29, 1.82) is 0 Å². The van der Waals surface area contributed by atoms with E-state index in [4.69, 9.17) is 0 Å². The summed E-state index contributed by atoms with van der Waals surface area (Å²) in [6.45, 7) is 8.36. The third kappa shape index (κ3) is 2.66. The van der Waals surface area contributed by atoms with Gasteiger partial charge in [0, 0.05) is 4.88 Å². The van der Waals surface area contributed by atoms with Gasteiger partial charge in [-0.25, -0.2) is 4.98 Å². The van der Waals surface area contributed by atoms with Crippen LogP contribution in [0.3, 0.4) is 0 Å². The van der Waals surface area contributed by atoms with E-state index >= 15 is 0 Å². The number of nitrogens with one attached hydrogen (secondary N) is 1. The lowest BCUT2D eigenvalue weighted by Gasteiger charge is -2.10. The maximum atomic E-state index is 4.44. The highest BCUT2D eigenvalue weighted by Gasteiger charge is 2.12. The molecule has 0 fully saturated rings. The highest BCUT2D eigenvalue weighted by Crippen LogP contribution is 2.26. The zero-order chi connectivity index (χ0) is 10.7. The number of allylic oxidation sites excluding steroid dienone is 1. The Labute approximate surface area is 90.1 Å². The quantitative estimate of drug-likeness (QED) is 0.776. The Bertz CT molecular complexity index is 335. The molecule has 0 aromatic carbocycles. The maximum Gasteiger partial charge on any atom is 0.0900 e. The maximum absolute atomic E-state index is 4.44. The van der Waals surface area contributed by atoms with Crippen LogP contribution < -0.4 is 5.32 Å². The fourth-order valence-electron chi connectivity index (χ4n) is 1.46. The molecule has 0 aliphatic heterocycles. The van der Waals surface area contributed by atoms with Gasteiger partial charge >= 0.3 is 0 Å². The van der Waals surface area contributed by atoms with Crippen molar-refractivity contribution in [3.8, 4) is 0 Å². The third-order valence-corrected chi connectivity index (χ3v) is 3.19. The molecular weight excluding hydrogens is 192 g/mol. The molecule has 1 aromatic rings. The van der Waals surface area contributed by atoms with Crippen LogP contribution >= 0.6 is 11.3 Å². The van der Waals surface area contributed by atoms with E-state index in [9.17, 15) is 0 Å². The summed E-state index contributed by atoms with van der Waals surface area (Å²) >= 11 is 1.77. The molecule has 0 spiro atoms. The molecule has 0 bridgehead atoms. The minimum Gasteiger partial charge on any atom is -0.309 e. The molecule has 1 rings (SSSR count). The van der Waals surface area contributed by atoms with Gasteiger partial charge < -0.3 is 5.32 Å². The van der Waals surface area contributed by atoms with E-state index in [0.29, 0.717) is 6.04 Å². The van der Waals surface area contributed by atoms with Crippen LogP contribution in [0.25, 0.3) is 0 Å². The Morgan fingerprint density at radius 1 is 1.43 bits per heavy atom. The number of hydrogen-bond donors (Lipinski definition) is 1. The lowest BCUT2D eigenvalue weighted by Crippen LogP contribution is -2.13. The summed E-state index contributed by atoms with van der Waals surface area (Å²) in [5.41, 5.74) is 2.47. The van der Waals surface area contributed by atoms with Crippen LogP contribution in [0.1, 0.15) is 35.5 Å². The van der Waals surface area contributed by atoms with E-state index in [1.807, 2.05) is 7.05 Å². The van der Waals surface area contributed by atoms with Crippen LogP contribution in [-0.4, -0.2) is 12.0 Å². The van der Waals surface area contributed by atoms with Crippen molar-refractivity contribution in [3.63, 3.8) is 0 Å². The Hall–Kier alpha value is -0.670. The van der Waals surface area contributed by atoms with Crippen molar-refractivity contribution in [3.05, 3.63) is 27.2 Å². The van der Waals surface area contributed by atoms with E-state index < -0.39 is 0 Å². The van der Waals surface area contributed by atoms with Crippen molar-refractivity contribution in [2.45, 2.75) is 33.7 Å². The van der Waals surface area contributed by atoms with Gasteiger partial charge in [-0.2, -0.15) is 0 Å². The van der Waals surface area contributed by atoms with E-state index in [1.54, 1.807) is 11.3 Å². The van der Waals surface area contributed by atoms with Gasteiger partial charge in [-0.15, -0.1) is 11.3 Å². The van der Waals surface area contributed by atoms with Gasteiger partial charge in [-0.3, -0.25) is 0 Å². The molecule has 0 saturated carbocycles. The van der Waals surface area contributed by atoms with E-state index in [1.165, 1.54) is 10.5 Å². The van der Waals surface area contributed by atoms with Gasteiger partial charge in [-0.05, 0) is 34.7 Å². The predicted octanol–water partition coefficient (Wildman–Crippen LogP) is 2.99. The molecule has 1 unspecified atom stereocenters. The van der Waals surface area contributed by atoms with Crippen molar-refractivity contribution >= 4 is 11.3 Å². The number of hydrogen-bond acceptors (Lipinski definition) is 3. The summed E-state index contributed by atoms with van der Waals surface area (Å²) in [7, 11) is 1.98. The lowest BCUT2D eigenvalue weighted by molar-refractivity contribution is 0.715. The minimum atomic E-state index is 0.311. The molecule has 1 atom stereocenters. The van der Waals surface area contributed by atoms with Gasteiger partial charge in [0.2, 0.25) is 0 Å². The van der Waals surface area contributed by atoms with Gasteiger partial charge in [0.1, 0.15) is 0 Å². The summed E-state index contributed by atoms with van der Waals surface area (Å²) < 4.78 is 0. The van der Waals surface area contributed by atoms with Crippen LogP contribution in [-0.2, 0) is 0 Å². The fourth-order valence-corrected chi connectivity index (χ4v) is 2.47. The molecule has 78 valence electrons. The Balaban J connectivity index is 3.00. The van der Waals surface area contributed by atoms with Gasteiger partial charge in [0.05, 0.1) is 16.7 Å². The third-order valence-electron chi connectivity index (χ3n) is 2.03. The predicted molar refractivity (Wildman–Crippen MR) is 62.8 cm³/mol. The Morgan fingerprint density at radius 2 is 2.07 bits per heavy atom. The van der Waals surface area contributed by atoms with Gasteiger partial charge in [0.15, 0.2) is 0 Å². The van der Waals surface area contributed by atoms with Crippen molar-refractivity contribution in [2.24, 2.45) is 0 Å². The highest BCUT2D eigenvalue weighted by molar-refractivity contribution is 7.11. The van der Waals surface area contributed by atoms with Crippen LogP contribution in [0.4, 0.5) is 0 Å². The second kappa shape index (κ2) is 4.71. The molecule has 1 heterocycles. The molecule has 0 saturated heterocycles. The summed E-state index contributed by atoms with van der Waals surface area (Å²) in [5.74, 6) is 0. The average Bonchev–Trinajstić information content (AvgIpc) is 2.41. The zero-order valence-corrected chi connectivity index (χ0v) is 10.3. The number of aromatic nitrogens is 1. The number of rotatable bonds is 3. The van der Waals surface area contributed by atoms with E-state index in [0.717, 1.165) is 10.7 Å². The first-order valence-corrected chi connectivity index (χ1v) is 5.62. The molecule has 3 heteroatoms. The largest absolute Gasteiger partial charge is 0.309 e. The number of nitrogens with zero attached hydrogens (tertiary/aromatic N) is 1. The summed E-state index contributed by atoms with van der Waals surface area (Å²) in [6.07, 6.45) is 2.24. The molecule has 0 aliphatic rings. The molecular formula is C11H18N2S. The van der Waals surface area contributed by atoms with Gasteiger partial charge in [-0.1, -0.05) is 11.6 Å². The standard InChI is InChI=1S/C11H18N2S/c1-7(2)6-10(12-5)11-8(3)13-9(4)14-11/h6,10,12H,1-5H3. The van der Waals surface area contributed by atoms with E-state index in [-0.39, 0.29) is 0 Å². The topological polar surface area (TPSA) is 24.9 Å². The molecule has 1 N–H and O–H groups in total. The number of likely N-dealkylation sites (N-methyl/N-ethyl adjacent to an activating group) is 1. The second-order valence-electron chi connectivity index (χ2n) is 3.69. The first-order valence-electron chi connectivity index (χ1n) is 4.80. The second-order valence-corrected chi connectivity index (χ2v) is 4.93. The molecule has 1 aromatic heterocycles. The lowest BCUT2D eigenvalue weighted by atomic mass is 10.1. The van der Waals surface area contributed by atoms with Gasteiger partial charge in [0.25, 0.3) is 0 Å². The fraction of sp³-hybridized carbons (Fsp3) is 0.545. The number of aryl methyl sites for hydroxylation is 2. The van der Waals surface area contributed by atoms with Crippen molar-refractivity contribution in [2.75, 3.05) is 7.05 Å². The molecule has 0 amide bonds. The SMILES string of the molecule is CNC(C=C(C)C)c1sc(C)nc1C.